The molecule has 2 fully saturated rings. The molecule has 1 aliphatic heterocycles. The van der Waals surface area contributed by atoms with E-state index in [0.717, 1.165) is 0 Å². The van der Waals surface area contributed by atoms with E-state index in [9.17, 15) is 5.11 Å². The lowest BCUT2D eigenvalue weighted by atomic mass is 9.88. The number of hydrogen-bond acceptors (Lipinski definition) is 2. The largest absolute Gasteiger partial charge is 0.395 e. The summed E-state index contributed by atoms with van der Waals surface area (Å²) in [6, 6.07) is 0.465. The Bertz CT molecular complexity index is 187. The van der Waals surface area contributed by atoms with Gasteiger partial charge in [-0.3, -0.25) is 4.90 Å². The second kappa shape index (κ2) is 4.19. The summed E-state index contributed by atoms with van der Waals surface area (Å²) >= 11 is 0. The van der Waals surface area contributed by atoms with E-state index in [0.29, 0.717) is 18.1 Å². The predicted molar refractivity (Wildman–Crippen MR) is 58.3 cm³/mol. The Labute approximate surface area is 87.3 Å². The summed E-state index contributed by atoms with van der Waals surface area (Å²) in [5.41, 5.74) is 0.553. The lowest BCUT2D eigenvalue weighted by molar-refractivity contribution is 0.112. The molecule has 14 heavy (non-hydrogen) atoms. The van der Waals surface area contributed by atoms with Gasteiger partial charge in [0.15, 0.2) is 0 Å². The summed E-state index contributed by atoms with van der Waals surface area (Å²) in [7, 11) is 0. The van der Waals surface area contributed by atoms with E-state index >= 15 is 0 Å². The van der Waals surface area contributed by atoms with Gasteiger partial charge in [-0.05, 0) is 37.6 Å². The molecule has 2 nitrogen and oxygen atoms in total. The quantitative estimate of drug-likeness (QED) is 0.748. The minimum Gasteiger partial charge on any atom is -0.395 e. The second-order valence-corrected chi connectivity index (χ2v) is 5.47. The Morgan fingerprint density at radius 2 is 2.00 bits per heavy atom. The van der Waals surface area contributed by atoms with E-state index in [-0.39, 0.29) is 0 Å². The van der Waals surface area contributed by atoms with Crippen LogP contribution >= 0.6 is 0 Å². The fourth-order valence-corrected chi connectivity index (χ4v) is 3.19. The maximum absolute atomic E-state index is 9.25. The molecule has 1 saturated heterocycles. The maximum Gasteiger partial charge on any atom is 0.0586 e. The molecular formula is C12H23NO. The number of hydrogen-bond donors (Lipinski definition) is 1. The van der Waals surface area contributed by atoms with E-state index < -0.39 is 0 Å². The smallest absolute Gasteiger partial charge is 0.0586 e. The molecular weight excluding hydrogens is 174 g/mol. The normalized spacial score (nSPS) is 32.6. The van der Waals surface area contributed by atoms with Crippen molar-refractivity contribution in [1.82, 2.24) is 4.90 Å². The van der Waals surface area contributed by atoms with E-state index in [4.69, 9.17) is 0 Å². The van der Waals surface area contributed by atoms with Crippen molar-refractivity contribution in [2.45, 2.75) is 51.5 Å². The SMILES string of the molecule is CC1(CN2CCC[C@H]2CO)CCCC1. The zero-order chi connectivity index (χ0) is 10.0. The molecule has 1 N–H and O–H groups in total. The fourth-order valence-electron chi connectivity index (χ4n) is 3.19. The van der Waals surface area contributed by atoms with Gasteiger partial charge in [0, 0.05) is 12.6 Å². The fraction of sp³-hybridized carbons (Fsp3) is 1.00. The van der Waals surface area contributed by atoms with Crippen LogP contribution in [-0.4, -0.2) is 35.7 Å². The highest BCUT2D eigenvalue weighted by Crippen LogP contribution is 2.39. The molecule has 0 unspecified atom stereocenters. The lowest BCUT2D eigenvalue weighted by Gasteiger charge is -2.32. The Morgan fingerprint density at radius 3 is 2.64 bits per heavy atom. The molecule has 2 rings (SSSR count). The number of likely N-dealkylation sites (tertiary alicyclic amines) is 1. The molecule has 1 saturated carbocycles. The van der Waals surface area contributed by atoms with Gasteiger partial charge >= 0.3 is 0 Å². The van der Waals surface area contributed by atoms with Gasteiger partial charge in [-0.2, -0.15) is 0 Å². The highest BCUT2D eigenvalue weighted by atomic mass is 16.3. The van der Waals surface area contributed by atoms with Gasteiger partial charge in [-0.15, -0.1) is 0 Å². The van der Waals surface area contributed by atoms with Crippen LogP contribution in [0.25, 0.3) is 0 Å². The van der Waals surface area contributed by atoms with Crippen molar-refractivity contribution >= 4 is 0 Å². The molecule has 1 aliphatic carbocycles. The van der Waals surface area contributed by atoms with Gasteiger partial charge in [0.1, 0.15) is 0 Å². The Balaban J connectivity index is 1.89. The van der Waals surface area contributed by atoms with Gasteiger partial charge in [0.25, 0.3) is 0 Å². The highest BCUT2D eigenvalue weighted by Gasteiger charge is 2.34. The first-order valence-electron chi connectivity index (χ1n) is 6.08. The third kappa shape index (κ3) is 2.12. The monoisotopic (exact) mass is 197 g/mol. The van der Waals surface area contributed by atoms with Gasteiger partial charge < -0.3 is 5.11 Å². The van der Waals surface area contributed by atoms with Crippen LogP contribution in [-0.2, 0) is 0 Å². The van der Waals surface area contributed by atoms with E-state index in [1.807, 2.05) is 0 Å². The molecule has 0 amide bonds. The minimum atomic E-state index is 0.357. The summed E-state index contributed by atoms with van der Waals surface area (Å²) in [4.78, 5) is 2.52. The highest BCUT2D eigenvalue weighted by molar-refractivity contribution is 4.88. The summed E-state index contributed by atoms with van der Waals surface area (Å²) in [6.07, 6.45) is 8.08. The summed E-state index contributed by atoms with van der Waals surface area (Å²) in [5, 5.41) is 9.25. The molecule has 0 spiro atoms. The van der Waals surface area contributed by atoms with Crippen molar-refractivity contribution < 1.29 is 5.11 Å². The Kier molecular flexibility index (Phi) is 3.13. The van der Waals surface area contributed by atoms with Crippen LogP contribution in [0.2, 0.25) is 0 Å². The van der Waals surface area contributed by atoms with Crippen molar-refractivity contribution in [3.63, 3.8) is 0 Å². The number of nitrogens with zero attached hydrogens (tertiary/aromatic N) is 1. The van der Waals surface area contributed by atoms with Crippen molar-refractivity contribution in [3.8, 4) is 0 Å². The molecule has 0 aromatic rings. The Hall–Kier alpha value is -0.0800. The predicted octanol–water partition coefficient (Wildman–Crippen LogP) is 2.02. The first-order chi connectivity index (χ1) is 6.73. The van der Waals surface area contributed by atoms with Crippen LogP contribution in [0.5, 0.6) is 0 Å². The van der Waals surface area contributed by atoms with Gasteiger partial charge in [-0.25, -0.2) is 0 Å². The number of aliphatic hydroxyl groups excluding tert-OH is 1. The maximum atomic E-state index is 9.25. The van der Waals surface area contributed by atoms with Gasteiger partial charge in [0.2, 0.25) is 0 Å². The molecule has 2 aliphatic rings. The van der Waals surface area contributed by atoms with Crippen LogP contribution in [0, 0.1) is 5.41 Å². The first kappa shape index (κ1) is 10.4. The molecule has 82 valence electrons. The molecule has 1 atom stereocenters. The number of aliphatic hydroxyl groups is 1. The van der Waals surface area contributed by atoms with Crippen molar-refractivity contribution in [2.24, 2.45) is 5.41 Å². The molecule has 0 aromatic heterocycles. The third-order valence-electron chi connectivity index (χ3n) is 4.11. The van der Waals surface area contributed by atoms with E-state index in [1.54, 1.807) is 0 Å². The van der Waals surface area contributed by atoms with Crippen molar-refractivity contribution in [1.29, 1.82) is 0 Å². The minimum absolute atomic E-state index is 0.357. The molecule has 0 radical (unpaired) electrons. The van der Waals surface area contributed by atoms with Crippen LogP contribution in [0.1, 0.15) is 45.4 Å². The number of rotatable bonds is 3. The zero-order valence-corrected chi connectivity index (χ0v) is 9.34. The summed E-state index contributed by atoms with van der Waals surface area (Å²) < 4.78 is 0. The van der Waals surface area contributed by atoms with E-state index in [1.165, 1.54) is 51.6 Å². The molecule has 0 aromatic carbocycles. The molecule has 2 heteroatoms. The van der Waals surface area contributed by atoms with Crippen LogP contribution in [0.15, 0.2) is 0 Å². The second-order valence-electron chi connectivity index (χ2n) is 5.47. The van der Waals surface area contributed by atoms with Crippen LogP contribution < -0.4 is 0 Å². The van der Waals surface area contributed by atoms with Crippen LogP contribution in [0.3, 0.4) is 0 Å². The van der Waals surface area contributed by atoms with Gasteiger partial charge in [-0.1, -0.05) is 19.8 Å². The third-order valence-corrected chi connectivity index (χ3v) is 4.11. The van der Waals surface area contributed by atoms with Gasteiger partial charge in [0.05, 0.1) is 6.61 Å². The van der Waals surface area contributed by atoms with Crippen molar-refractivity contribution in [3.05, 3.63) is 0 Å². The lowest BCUT2D eigenvalue weighted by Crippen LogP contribution is -2.39. The summed E-state index contributed by atoms with van der Waals surface area (Å²) in [5.74, 6) is 0. The standard InChI is InChI=1S/C12H23NO/c1-12(6-2-3-7-12)10-13-8-4-5-11(13)9-14/h11,14H,2-10H2,1H3/t11-/m0/s1. The van der Waals surface area contributed by atoms with Crippen molar-refractivity contribution in [2.75, 3.05) is 19.7 Å². The van der Waals surface area contributed by atoms with E-state index in [2.05, 4.69) is 11.8 Å². The molecule has 1 heterocycles. The van der Waals surface area contributed by atoms with Crippen LogP contribution in [0.4, 0.5) is 0 Å². The topological polar surface area (TPSA) is 23.5 Å². The Morgan fingerprint density at radius 1 is 1.29 bits per heavy atom. The zero-order valence-electron chi connectivity index (χ0n) is 9.34. The summed E-state index contributed by atoms with van der Waals surface area (Å²) in [6.45, 7) is 5.21. The average molecular weight is 197 g/mol. The molecule has 0 bridgehead atoms. The average Bonchev–Trinajstić information content (AvgIpc) is 2.75. The first-order valence-corrected chi connectivity index (χ1v) is 6.08.